The zero-order valence-corrected chi connectivity index (χ0v) is 16.9. The number of hydrogen-bond donors (Lipinski definition) is 1. The minimum absolute atomic E-state index is 0.545. The van der Waals surface area contributed by atoms with Crippen molar-refractivity contribution in [3.05, 3.63) is 59.1 Å². The first-order valence-electron chi connectivity index (χ1n) is 9.42. The van der Waals surface area contributed by atoms with E-state index < -0.39 is 0 Å². The monoisotopic (exact) mass is 402 g/mol. The van der Waals surface area contributed by atoms with Gasteiger partial charge in [0.05, 0.1) is 13.2 Å². The van der Waals surface area contributed by atoms with Gasteiger partial charge in [0.25, 0.3) is 0 Å². The van der Waals surface area contributed by atoms with Gasteiger partial charge in [0.2, 0.25) is 0 Å². The first kappa shape index (κ1) is 20.3. The number of guanidine groups is 1. The number of halogens is 1. The average Bonchev–Trinajstić information content (AvgIpc) is 2.74. The summed E-state index contributed by atoms with van der Waals surface area (Å²) >= 11 is 5.97. The molecular weight excluding hydrogens is 376 g/mol. The van der Waals surface area contributed by atoms with Crippen LogP contribution in [0.5, 0.6) is 5.75 Å². The lowest BCUT2D eigenvalue weighted by Crippen LogP contribution is -2.51. The Morgan fingerprint density at radius 3 is 2.32 bits per heavy atom. The fourth-order valence-electron chi connectivity index (χ4n) is 3.05. The molecule has 2 aromatic carbocycles. The minimum atomic E-state index is 0.545. The summed E-state index contributed by atoms with van der Waals surface area (Å²) in [6, 6.07) is 15.9. The van der Waals surface area contributed by atoms with Crippen LogP contribution in [0.25, 0.3) is 0 Å². The smallest absolute Gasteiger partial charge is 0.191 e. The van der Waals surface area contributed by atoms with Gasteiger partial charge in [-0.05, 0) is 42.0 Å². The molecule has 0 amide bonds. The van der Waals surface area contributed by atoms with Crippen molar-refractivity contribution in [1.82, 2.24) is 4.90 Å². The van der Waals surface area contributed by atoms with Crippen molar-refractivity contribution < 1.29 is 9.47 Å². The van der Waals surface area contributed by atoms with E-state index in [2.05, 4.69) is 26.9 Å². The van der Waals surface area contributed by atoms with Crippen LogP contribution in [-0.2, 0) is 11.3 Å². The summed E-state index contributed by atoms with van der Waals surface area (Å²) in [7, 11) is 1.66. The van der Waals surface area contributed by atoms with E-state index in [-0.39, 0.29) is 0 Å². The second kappa shape index (κ2) is 10.2. The molecule has 0 atom stereocenters. The fraction of sp³-hybridized carbons (Fsp3) is 0.381. The summed E-state index contributed by atoms with van der Waals surface area (Å²) in [6.45, 7) is 5.20. The standard InChI is InChI=1S/C21H27ClN4O2/c1-27-14-15-28-20-8-2-17(3-9-20)16-24-21(23)26-12-10-25(11-13-26)19-6-4-18(22)5-7-19/h2-9H,10-16H2,1H3,(H2,23,24). The average molecular weight is 403 g/mol. The molecule has 0 spiro atoms. The second-order valence-electron chi connectivity index (χ2n) is 6.61. The molecule has 6 nitrogen and oxygen atoms in total. The topological polar surface area (TPSA) is 63.3 Å². The lowest BCUT2D eigenvalue weighted by atomic mass is 10.2. The van der Waals surface area contributed by atoms with E-state index in [0.717, 1.165) is 42.5 Å². The summed E-state index contributed by atoms with van der Waals surface area (Å²) in [5, 5.41) is 0.758. The number of nitrogens with zero attached hydrogens (tertiary/aromatic N) is 3. The Kier molecular flexibility index (Phi) is 7.39. The van der Waals surface area contributed by atoms with Crippen molar-refractivity contribution in [3.8, 4) is 5.75 Å². The lowest BCUT2D eigenvalue weighted by Gasteiger charge is -2.36. The van der Waals surface area contributed by atoms with Gasteiger partial charge in [0, 0.05) is 44.0 Å². The van der Waals surface area contributed by atoms with Gasteiger partial charge < -0.3 is 25.0 Å². The third kappa shape index (κ3) is 5.78. The molecule has 1 heterocycles. The Balaban J connectivity index is 1.47. The van der Waals surface area contributed by atoms with Crippen LogP contribution >= 0.6 is 11.6 Å². The van der Waals surface area contributed by atoms with Gasteiger partial charge in [-0.1, -0.05) is 23.7 Å². The Morgan fingerprint density at radius 1 is 1.00 bits per heavy atom. The molecule has 0 radical (unpaired) electrons. The number of aliphatic imine (C=N–C) groups is 1. The second-order valence-corrected chi connectivity index (χ2v) is 7.05. The number of benzene rings is 2. The van der Waals surface area contributed by atoms with Gasteiger partial charge in [-0.2, -0.15) is 0 Å². The third-order valence-corrected chi connectivity index (χ3v) is 4.95. The molecule has 0 saturated carbocycles. The van der Waals surface area contributed by atoms with Crippen molar-refractivity contribution in [2.45, 2.75) is 6.54 Å². The van der Waals surface area contributed by atoms with Gasteiger partial charge in [0.15, 0.2) is 5.96 Å². The van der Waals surface area contributed by atoms with Crippen LogP contribution in [0.3, 0.4) is 0 Å². The normalized spacial score (nSPS) is 15.0. The summed E-state index contributed by atoms with van der Waals surface area (Å²) in [5.74, 6) is 1.42. The lowest BCUT2D eigenvalue weighted by molar-refractivity contribution is 0.146. The Hall–Kier alpha value is -2.44. The number of anilines is 1. The van der Waals surface area contributed by atoms with E-state index in [1.807, 2.05) is 36.4 Å². The van der Waals surface area contributed by atoms with Crippen LogP contribution in [0.15, 0.2) is 53.5 Å². The zero-order valence-electron chi connectivity index (χ0n) is 16.2. The van der Waals surface area contributed by atoms with Crippen molar-refractivity contribution in [2.75, 3.05) is 51.4 Å². The number of ether oxygens (including phenoxy) is 2. The summed E-state index contributed by atoms with van der Waals surface area (Å²) in [4.78, 5) is 9.03. The quantitative estimate of drug-likeness (QED) is 0.438. The van der Waals surface area contributed by atoms with E-state index in [9.17, 15) is 0 Å². The number of methoxy groups -OCH3 is 1. The minimum Gasteiger partial charge on any atom is -0.491 e. The number of nitrogens with two attached hydrogens (primary N) is 1. The van der Waals surface area contributed by atoms with Crippen LogP contribution in [0.4, 0.5) is 5.69 Å². The van der Waals surface area contributed by atoms with Gasteiger partial charge in [0.1, 0.15) is 12.4 Å². The predicted octanol–water partition coefficient (Wildman–Crippen LogP) is 3.00. The molecule has 150 valence electrons. The van der Waals surface area contributed by atoms with E-state index in [1.54, 1.807) is 7.11 Å². The van der Waals surface area contributed by atoms with E-state index in [0.29, 0.717) is 25.7 Å². The van der Waals surface area contributed by atoms with E-state index in [4.69, 9.17) is 26.8 Å². The molecule has 2 N–H and O–H groups in total. The highest BCUT2D eigenvalue weighted by Gasteiger charge is 2.18. The molecule has 1 fully saturated rings. The molecule has 2 aromatic rings. The fourth-order valence-corrected chi connectivity index (χ4v) is 3.18. The maximum absolute atomic E-state index is 6.21. The van der Waals surface area contributed by atoms with Crippen LogP contribution < -0.4 is 15.4 Å². The highest BCUT2D eigenvalue weighted by atomic mass is 35.5. The van der Waals surface area contributed by atoms with Crippen LogP contribution in [-0.4, -0.2) is 57.4 Å². The molecule has 0 aliphatic carbocycles. The number of rotatable bonds is 7. The Bertz CT molecular complexity index is 757. The predicted molar refractivity (Wildman–Crippen MR) is 114 cm³/mol. The van der Waals surface area contributed by atoms with Crippen molar-refractivity contribution in [2.24, 2.45) is 10.7 Å². The van der Waals surface area contributed by atoms with Gasteiger partial charge >= 0.3 is 0 Å². The van der Waals surface area contributed by atoms with Crippen molar-refractivity contribution >= 4 is 23.2 Å². The number of hydrogen-bond acceptors (Lipinski definition) is 4. The maximum atomic E-state index is 6.21. The maximum Gasteiger partial charge on any atom is 0.191 e. The molecule has 1 saturated heterocycles. The van der Waals surface area contributed by atoms with E-state index >= 15 is 0 Å². The van der Waals surface area contributed by atoms with Gasteiger partial charge in [-0.25, -0.2) is 4.99 Å². The van der Waals surface area contributed by atoms with Crippen molar-refractivity contribution in [1.29, 1.82) is 0 Å². The first-order chi connectivity index (χ1) is 13.7. The van der Waals surface area contributed by atoms with Crippen LogP contribution in [0.2, 0.25) is 5.02 Å². The molecule has 3 rings (SSSR count). The Labute approximate surface area is 171 Å². The van der Waals surface area contributed by atoms with Crippen molar-refractivity contribution in [3.63, 3.8) is 0 Å². The third-order valence-electron chi connectivity index (χ3n) is 4.70. The summed E-state index contributed by atoms with van der Waals surface area (Å²) in [6.07, 6.45) is 0. The van der Waals surface area contributed by atoms with Gasteiger partial charge in [-0.3, -0.25) is 0 Å². The summed E-state index contributed by atoms with van der Waals surface area (Å²) < 4.78 is 10.5. The molecular formula is C21H27ClN4O2. The largest absolute Gasteiger partial charge is 0.491 e. The van der Waals surface area contributed by atoms with Crippen LogP contribution in [0.1, 0.15) is 5.56 Å². The molecule has 1 aliphatic rings. The SMILES string of the molecule is COCCOc1ccc(CN=C(N)N2CCN(c3ccc(Cl)cc3)CC2)cc1. The Morgan fingerprint density at radius 2 is 1.68 bits per heavy atom. The molecule has 0 bridgehead atoms. The number of piperazine rings is 1. The molecule has 0 aromatic heterocycles. The first-order valence-corrected chi connectivity index (χ1v) is 9.79. The molecule has 28 heavy (non-hydrogen) atoms. The molecule has 0 unspecified atom stereocenters. The highest BCUT2D eigenvalue weighted by molar-refractivity contribution is 6.30. The summed E-state index contributed by atoms with van der Waals surface area (Å²) in [5.41, 5.74) is 8.50. The molecule has 7 heteroatoms. The zero-order chi connectivity index (χ0) is 19.8. The molecule has 1 aliphatic heterocycles. The van der Waals surface area contributed by atoms with Crippen LogP contribution in [0, 0.1) is 0 Å². The highest BCUT2D eigenvalue weighted by Crippen LogP contribution is 2.19. The van der Waals surface area contributed by atoms with Gasteiger partial charge in [-0.15, -0.1) is 0 Å². The van der Waals surface area contributed by atoms with E-state index in [1.165, 1.54) is 5.69 Å².